The van der Waals surface area contributed by atoms with Crippen LogP contribution in [0.25, 0.3) is 0 Å². The minimum Gasteiger partial charge on any atom is -0.497 e. The lowest BCUT2D eigenvalue weighted by molar-refractivity contribution is -0.121. The molecule has 2 aromatic rings. The number of hydrogen-bond acceptors (Lipinski definition) is 5. The zero-order valence-electron chi connectivity index (χ0n) is 16.1. The van der Waals surface area contributed by atoms with Crippen molar-refractivity contribution in [2.24, 2.45) is 0 Å². The highest BCUT2D eigenvalue weighted by atomic mass is 16.5. The zero-order chi connectivity index (χ0) is 19.9. The second kappa shape index (κ2) is 9.23. The summed E-state index contributed by atoms with van der Waals surface area (Å²) in [4.78, 5) is 26.5. The summed E-state index contributed by atoms with van der Waals surface area (Å²) in [6.07, 6.45) is 1.90. The number of nitrogens with zero attached hydrogens (tertiary/aromatic N) is 1. The van der Waals surface area contributed by atoms with E-state index in [1.165, 1.54) is 0 Å². The van der Waals surface area contributed by atoms with Gasteiger partial charge in [-0.2, -0.15) is 0 Å². The summed E-state index contributed by atoms with van der Waals surface area (Å²) >= 11 is 0. The predicted molar refractivity (Wildman–Crippen MR) is 107 cm³/mol. The zero-order valence-corrected chi connectivity index (χ0v) is 16.1. The highest BCUT2D eigenvalue weighted by Crippen LogP contribution is 2.38. The second-order valence-corrected chi connectivity index (χ2v) is 6.60. The second-order valence-electron chi connectivity index (χ2n) is 6.60. The van der Waals surface area contributed by atoms with E-state index in [4.69, 9.17) is 9.47 Å². The Hall–Kier alpha value is -3.06. The Morgan fingerprint density at radius 3 is 2.61 bits per heavy atom. The van der Waals surface area contributed by atoms with Gasteiger partial charge in [-0.05, 0) is 37.6 Å². The van der Waals surface area contributed by atoms with Gasteiger partial charge < -0.3 is 14.8 Å². The van der Waals surface area contributed by atoms with Crippen LogP contribution in [0, 0.1) is 0 Å². The van der Waals surface area contributed by atoms with E-state index in [1.54, 1.807) is 26.4 Å². The normalized spacial score (nSPS) is 16.4. The Morgan fingerprint density at radius 1 is 1.11 bits per heavy atom. The summed E-state index contributed by atoms with van der Waals surface area (Å²) in [5.41, 5.74) is 1.65. The van der Waals surface area contributed by atoms with Gasteiger partial charge in [0, 0.05) is 23.4 Å². The molecule has 3 rings (SSSR count). The predicted octanol–water partition coefficient (Wildman–Crippen LogP) is 3.19. The van der Waals surface area contributed by atoms with Gasteiger partial charge in [-0.25, -0.2) is 4.79 Å². The van der Waals surface area contributed by atoms with Crippen LogP contribution in [0.15, 0.2) is 48.5 Å². The number of rotatable bonds is 6. The fourth-order valence-corrected chi connectivity index (χ4v) is 3.50. The summed E-state index contributed by atoms with van der Waals surface area (Å²) in [7, 11) is 3.24. The lowest BCUT2D eigenvalue weighted by Gasteiger charge is -2.25. The van der Waals surface area contributed by atoms with Gasteiger partial charge in [0.1, 0.15) is 11.5 Å². The molecule has 7 heteroatoms. The number of anilines is 1. The molecule has 0 spiro atoms. The summed E-state index contributed by atoms with van der Waals surface area (Å²) < 4.78 is 10.8. The van der Waals surface area contributed by atoms with Gasteiger partial charge in [0.15, 0.2) is 0 Å². The van der Waals surface area contributed by atoms with E-state index in [0.717, 1.165) is 36.4 Å². The third-order valence-electron chi connectivity index (χ3n) is 4.79. The van der Waals surface area contributed by atoms with Crippen LogP contribution in [0.4, 0.5) is 10.5 Å². The monoisotopic (exact) mass is 383 g/mol. The van der Waals surface area contributed by atoms with Crippen molar-refractivity contribution in [3.8, 4) is 11.5 Å². The summed E-state index contributed by atoms with van der Waals surface area (Å²) in [5.74, 6) is 1.12. The largest absolute Gasteiger partial charge is 0.497 e. The molecule has 28 heavy (non-hydrogen) atoms. The van der Waals surface area contributed by atoms with Crippen molar-refractivity contribution in [3.63, 3.8) is 0 Å². The Bertz CT molecular complexity index is 826. The number of para-hydroxylation sites is 1. The molecule has 7 nitrogen and oxygen atoms in total. The van der Waals surface area contributed by atoms with Gasteiger partial charge in [0.2, 0.25) is 5.91 Å². The fraction of sp³-hybridized carbons (Fsp3) is 0.333. The highest BCUT2D eigenvalue weighted by molar-refractivity contribution is 6.01. The molecule has 1 atom stereocenters. The van der Waals surface area contributed by atoms with Crippen molar-refractivity contribution < 1.29 is 19.1 Å². The number of carbonyl (C=O) groups is 2. The van der Waals surface area contributed by atoms with Crippen molar-refractivity contribution in [3.05, 3.63) is 54.1 Å². The molecule has 3 amide bonds. The number of nitrogens with one attached hydrogen (secondary N) is 2. The van der Waals surface area contributed by atoms with Crippen molar-refractivity contribution in [1.82, 2.24) is 10.2 Å². The fourth-order valence-electron chi connectivity index (χ4n) is 3.50. The number of likely N-dealkylation sites (tertiary alicyclic amines) is 1. The Labute approximate surface area is 164 Å². The number of methoxy groups -OCH3 is 2. The molecule has 1 aliphatic rings. The Morgan fingerprint density at radius 2 is 1.89 bits per heavy atom. The Kier molecular flexibility index (Phi) is 6.49. The minimum absolute atomic E-state index is 0.0591. The summed E-state index contributed by atoms with van der Waals surface area (Å²) in [6, 6.07) is 14.2. The molecule has 0 aromatic heterocycles. The van der Waals surface area contributed by atoms with Crippen LogP contribution in [0.1, 0.15) is 24.4 Å². The van der Waals surface area contributed by atoms with E-state index in [1.807, 2.05) is 36.4 Å². The first-order chi connectivity index (χ1) is 13.6. The number of carbonyl (C=O) groups excluding carboxylic acids is 2. The molecule has 1 aliphatic heterocycles. The first-order valence-corrected chi connectivity index (χ1v) is 9.22. The molecule has 0 radical (unpaired) electrons. The number of urea groups is 1. The summed E-state index contributed by atoms with van der Waals surface area (Å²) in [6.45, 7) is 0.926. The van der Waals surface area contributed by atoms with Gasteiger partial charge in [0.25, 0.3) is 0 Å². The van der Waals surface area contributed by atoms with Gasteiger partial charge >= 0.3 is 6.03 Å². The smallest absolute Gasteiger partial charge is 0.325 e. The SMILES string of the molecule is COc1ccc([C@@H]2CCCN2CC(=O)NC(=O)Nc2ccccc2)c(OC)c1. The molecule has 1 saturated heterocycles. The van der Waals surface area contributed by atoms with Crippen LogP contribution in [-0.2, 0) is 4.79 Å². The number of amides is 3. The van der Waals surface area contributed by atoms with Gasteiger partial charge in [-0.1, -0.05) is 24.3 Å². The maximum Gasteiger partial charge on any atom is 0.325 e. The molecule has 1 heterocycles. The Balaban J connectivity index is 1.62. The average molecular weight is 383 g/mol. The highest BCUT2D eigenvalue weighted by Gasteiger charge is 2.30. The molecule has 0 bridgehead atoms. The van der Waals surface area contributed by atoms with Crippen LogP contribution in [0.3, 0.4) is 0 Å². The van der Waals surface area contributed by atoms with E-state index >= 15 is 0 Å². The number of ether oxygens (including phenoxy) is 2. The van der Waals surface area contributed by atoms with E-state index in [-0.39, 0.29) is 18.5 Å². The van der Waals surface area contributed by atoms with Crippen molar-refractivity contribution >= 4 is 17.6 Å². The number of imide groups is 1. The third kappa shape index (κ3) is 4.80. The molecule has 0 aliphatic carbocycles. The maximum atomic E-state index is 12.4. The van der Waals surface area contributed by atoms with Crippen molar-refractivity contribution in [1.29, 1.82) is 0 Å². The molecule has 1 fully saturated rings. The minimum atomic E-state index is -0.533. The standard InChI is InChI=1S/C21H25N3O4/c1-27-16-10-11-17(19(13-16)28-2)18-9-6-12-24(18)14-20(25)23-21(26)22-15-7-4-3-5-8-15/h3-5,7-8,10-11,13,18H,6,9,12,14H2,1-2H3,(H2,22,23,25,26)/t18-/m0/s1. The number of hydrogen-bond donors (Lipinski definition) is 2. The number of benzene rings is 2. The third-order valence-corrected chi connectivity index (χ3v) is 4.79. The van der Waals surface area contributed by atoms with Crippen LogP contribution >= 0.6 is 0 Å². The van der Waals surface area contributed by atoms with Gasteiger partial charge in [-0.3, -0.25) is 15.0 Å². The van der Waals surface area contributed by atoms with E-state index in [2.05, 4.69) is 15.5 Å². The molecule has 148 valence electrons. The van der Waals surface area contributed by atoms with E-state index in [9.17, 15) is 9.59 Å². The van der Waals surface area contributed by atoms with E-state index in [0.29, 0.717) is 5.69 Å². The lowest BCUT2D eigenvalue weighted by Crippen LogP contribution is -2.41. The molecular weight excluding hydrogens is 358 g/mol. The summed E-state index contributed by atoms with van der Waals surface area (Å²) in [5, 5.41) is 5.04. The van der Waals surface area contributed by atoms with E-state index < -0.39 is 6.03 Å². The van der Waals surface area contributed by atoms with Crippen molar-refractivity contribution in [2.75, 3.05) is 32.6 Å². The quantitative estimate of drug-likeness (QED) is 0.801. The molecule has 2 aromatic carbocycles. The molecule has 2 N–H and O–H groups in total. The van der Waals surface area contributed by atoms with Gasteiger partial charge in [0.05, 0.1) is 20.8 Å². The van der Waals surface area contributed by atoms with Crippen molar-refractivity contribution in [2.45, 2.75) is 18.9 Å². The van der Waals surface area contributed by atoms with Crippen LogP contribution in [0.5, 0.6) is 11.5 Å². The average Bonchev–Trinajstić information content (AvgIpc) is 3.15. The van der Waals surface area contributed by atoms with Crippen LogP contribution in [0.2, 0.25) is 0 Å². The molecule has 0 saturated carbocycles. The first-order valence-electron chi connectivity index (χ1n) is 9.22. The molecule has 0 unspecified atom stereocenters. The van der Waals surface area contributed by atoms with Gasteiger partial charge in [-0.15, -0.1) is 0 Å². The maximum absolute atomic E-state index is 12.4. The topological polar surface area (TPSA) is 79.9 Å². The van der Waals surface area contributed by atoms with Crippen LogP contribution in [-0.4, -0.2) is 44.1 Å². The van der Waals surface area contributed by atoms with Crippen LogP contribution < -0.4 is 20.1 Å². The molecular formula is C21H25N3O4. The lowest BCUT2D eigenvalue weighted by atomic mass is 10.0. The first kappa shape index (κ1) is 19.7.